The highest BCUT2D eigenvalue weighted by Crippen LogP contribution is 2.06. The lowest BCUT2D eigenvalue weighted by Gasteiger charge is -2.23. The molecule has 1 heterocycles. The van der Waals surface area contributed by atoms with E-state index in [-0.39, 0.29) is 30.6 Å². The molecule has 1 fully saturated rings. The summed E-state index contributed by atoms with van der Waals surface area (Å²) in [7, 11) is 0. The van der Waals surface area contributed by atoms with Crippen molar-refractivity contribution in [1.82, 2.24) is 10.6 Å². The van der Waals surface area contributed by atoms with Crippen LogP contribution >= 0.6 is 12.4 Å². The van der Waals surface area contributed by atoms with Crippen LogP contribution in [-0.2, 0) is 20.8 Å². The number of rotatable bonds is 4. The lowest BCUT2D eigenvalue weighted by atomic mass is 10.0. The van der Waals surface area contributed by atoms with E-state index in [1.807, 2.05) is 30.3 Å². The molecule has 0 bridgehead atoms. The van der Waals surface area contributed by atoms with Crippen molar-refractivity contribution in [3.05, 3.63) is 35.9 Å². The Morgan fingerprint density at radius 1 is 1.33 bits per heavy atom. The molecule has 6 nitrogen and oxygen atoms in total. The first-order valence-electron chi connectivity index (χ1n) is 6.50. The van der Waals surface area contributed by atoms with Crippen LogP contribution in [0.3, 0.4) is 0 Å². The van der Waals surface area contributed by atoms with Gasteiger partial charge in [0.15, 0.2) is 0 Å². The fourth-order valence-corrected chi connectivity index (χ4v) is 2.07. The van der Waals surface area contributed by atoms with Gasteiger partial charge in [-0.05, 0) is 18.4 Å². The van der Waals surface area contributed by atoms with Crippen molar-refractivity contribution < 1.29 is 14.4 Å². The van der Waals surface area contributed by atoms with Crippen molar-refractivity contribution in [2.45, 2.75) is 31.3 Å². The molecule has 2 atom stereocenters. The van der Waals surface area contributed by atoms with E-state index >= 15 is 0 Å². The van der Waals surface area contributed by atoms with E-state index in [2.05, 4.69) is 10.6 Å². The van der Waals surface area contributed by atoms with Crippen molar-refractivity contribution in [3.63, 3.8) is 0 Å². The first-order chi connectivity index (χ1) is 9.56. The molecule has 1 unspecified atom stereocenters. The topological polar surface area (TPSA) is 101 Å². The van der Waals surface area contributed by atoms with E-state index in [0.29, 0.717) is 12.8 Å². The van der Waals surface area contributed by atoms with Gasteiger partial charge in [-0.3, -0.25) is 19.7 Å². The second-order valence-corrected chi connectivity index (χ2v) is 4.81. The van der Waals surface area contributed by atoms with Gasteiger partial charge in [0.1, 0.15) is 6.04 Å². The summed E-state index contributed by atoms with van der Waals surface area (Å²) in [5, 5.41) is 4.77. The maximum Gasteiger partial charge on any atom is 0.249 e. The van der Waals surface area contributed by atoms with Crippen LogP contribution in [0.15, 0.2) is 30.3 Å². The molecular formula is C14H18ClN3O3. The molecule has 1 aromatic rings. The first kappa shape index (κ1) is 17.1. The predicted molar refractivity (Wildman–Crippen MR) is 79.7 cm³/mol. The standard InChI is InChI=1S/C14H17N3O3.ClH/c15-10(8-9-4-2-1-3-5-9)13(19)16-11-6-7-12(18)17-14(11)20;/h1-5,10-11H,6-8,15H2,(H,16,19)(H,17,18,20);1H/t10-,11?;/m1./s1. The minimum absolute atomic E-state index is 0. The van der Waals surface area contributed by atoms with Crippen LogP contribution in [0.2, 0.25) is 0 Å². The number of hydrogen-bond acceptors (Lipinski definition) is 4. The normalized spacial score (nSPS) is 19.2. The van der Waals surface area contributed by atoms with Gasteiger partial charge in [0, 0.05) is 6.42 Å². The summed E-state index contributed by atoms with van der Waals surface area (Å²) in [6.07, 6.45) is 0.943. The molecule has 1 aromatic carbocycles. The van der Waals surface area contributed by atoms with Crippen LogP contribution in [0.4, 0.5) is 0 Å². The Morgan fingerprint density at radius 3 is 2.62 bits per heavy atom. The van der Waals surface area contributed by atoms with Crippen molar-refractivity contribution in [2.24, 2.45) is 5.73 Å². The monoisotopic (exact) mass is 311 g/mol. The van der Waals surface area contributed by atoms with E-state index in [9.17, 15) is 14.4 Å². The molecule has 114 valence electrons. The highest BCUT2D eigenvalue weighted by Gasteiger charge is 2.29. The molecule has 0 radical (unpaired) electrons. The zero-order chi connectivity index (χ0) is 14.5. The highest BCUT2D eigenvalue weighted by atomic mass is 35.5. The van der Waals surface area contributed by atoms with E-state index in [0.717, 1.165) is 5.56 Å². The molecule has 1 saturated heterocycles. The van der Waals surface area contributed by atoms with Crippen molar-refractivity contribution in [3.8, 4) is 0 Å². The maximum absolute atomic E-state index is 11.9. The van der Waals surface area contributed by atoms with Gasteiger partial charge in [-0.15, -0.1) is 12.4 Å². The largest absolute Gasteiger partial charge is 0.343 e. The van der Waals surface area contributed by atoms with Gasteiger partial charge in [0.25, 0.3) is 0 Å². The number of benzene rings is 1. The van der Waals surface area contributed by atoms with Gasteiger partial charge in [0.05, 0.1) is 6.04 Å². The molecule has 2 rings (SSSR count). The Hall–Kier alpha value is -1.92. The van der Waals surface area contributed by atoms with E-state index in [4.69, 9.17) is 5.73 Å². The molecule has 21 heavy (non-hydrogen) atoms. The Bertz CT molecular complexity index is 521. The number of nitrogens with two attached hydrogens (primary N) is 1. The summed E-state index contributed by atoms with van der Waals surface area (Å²) < 4.78 is 0. The third-order valence-electron chi connectivity index (χ3n) is 3.19. The van der Waals surface area contributed by atoms with Gasteiger partial charge in [0.2, 0.25) is 17.7 Å². The third-order valence-corrected chi connectivity index (χ3v) is 3.19. The summed E-state index contributed by atoms with van der Waals surface area (Å²) in [4.78, 5) is 34.5. The van der Waals surface area contributed by atoms with E-state index < -0.39 is 18.0 Å². The number of halogens is 1. The summed E-state index contributed by atoms with van der Waals surface area (Å²) >= 11 is 0. The van der Waals surface area contributed by atoms with Gasteiger partial charge in [-0.2, -0.15) is 0 Å². The van der Waals surface area contributed by atoms with Crippen molar-refractivity contribution in [1.29, 1.82) is 0 Å². The average molecular weight is 312 g/mol. The zero-order valence-electron chi connectivity index (χ0n) is 11.4. The smallest absolute Gasteiger partial charge is 0.249 e. The van der Waals surface area contributed by atoms with Gasteiger partial charge >= 0.3 is 0 Å². The Morgan fingerprint density at radius 2 is 2.00 bits per heavy atom. The molecule has 0 saturated carbocycles. The third kappa shape index (κ3) is 4.84. The fraction of sp³-hybridized carbons (Fsp3) is 0.357. The minimum atomic E-state index is -0.720. The summed E-state index contributed by atoms with van der Waals surface area (Å²) in [6.45, 7) is 0. The number of hydrogen-bond donors (Lipinski definition) is 3. The van der Waals surface area contributed by atoms with Crippen LogP contribution in [0.5, 0.6) is 0 Å². The molecule has 4 N–H and O–H groups in total. The highest BCUT2D eigenvalue weighted by molar-refractivity contribution is 6.02. The van der Waals surface area contributed by atoms with Crippen LogP contribution in [0.25, 0.3) is 0 Å². The number of carbonyl (C=O) groups is 3. The van der Waals surface area contributed by atoms with Gasteiger partial charge < -0.3 is 11.1 Å². The number of nitrogens with one attached hydrogen (secondary N) is 2. The molecule has 1 aliphatic rings. The average Bonchev–Trinajstić information content (AvgIpc) is 2.43. The van der Waals surface area contributed by atoms with Gasteiger partial charge in [-0.25, -0.2) is 0 Å². The van der Waals surface area contributed by atoms with E-state index in [1.165, 1.54) is 0 Å². The van der Waals surface area contributed by atoms with Crippen LogP contribution in [0, 0.1) is 0 Å². The number of piperidine rings is 1. The summed E-state index contributed by atoms with van der Waals surface area (Å²) in [5.74, 6) is -1.17. The SMILES string of the molecule is Cl.N[C@H](Cc1ccccc1)C(=O)NC1CCC(=O)NC1=O. The molecule has 7 heteroatoms. The number of carbonyl (C=O) groups excluding carboxylic acids is 3. The maximum atomic E-state index is 11.9. The Balaban J connectivity index is 0.00000220. The van der Waals surface area contributed by atoms with Crippen LogP contribution in [0.1, 0.15) is 18.4 Å². The molecule has 0 spiro atoms. The molecule has 3 amide bonds. The summed E-state index contributed by atoms with van der Waals surface area (Å²) in [5.41, 5.74) is 6.79. The molecule has 0 aliphatic carbocycles. The molecular weight excluding hydrogens is 294 g/mol. The Kier molecular flexibility index (Phi) is 6.33. The predicted octanol–water partition coefficient (Wildman–Crippen LogP) is -0.100. The first-order valence-corrected chi connectivity index (χ1v) is 6.50. The summed E-state index contributed by atoms with van der Waals surface area (Å²) in [6, 6.07) is 8.02. The van der Waals surface area contributed by atoms with Crippen molar-refractivity contribution in [2.75, 3.05) is 0 Å². The number of amides is 3. The van der Waals surface area contributed by atoms with Crippen molar-refractivity contribution >= 4 is 30.1 Å². The van der Waals surface area contributed by atoms with Gasteiger partial charge in [-0.1, -0.05) is 30.3 Å². The minimum Gasteiger partial charge on any atom is -0.343 e. The van der Waals surface area contributed by atoms with Crippen LogP contribution in [-0.4, -0.2) is 29.8 Å². The molecule has 0 aromatic heterocycles. The quantitative estimate of drug-likeness (QED) is 0.676. The lowest BCUT2D eigenvalue weighted by Crippen LogP contribution is -2.55. The van der Waals surface area contributed by atoms with Crippen LogP contribution < -0.4 is 16.4 Å². The zero-order valence-corrected chi connectivity index (χ0v) is 12.2. The second-order valence-electron chi connectivity index (χ2n) is 4.81. The Labute approximate surface area is 128 Å². The number of imide groups is 1. The fourth-order valence-electron chi connectivity index (χ4n) is 2.07. The second kappa shape index (κ2) is 7.75. The lowest BCUT2D eigenvalue weighted by molar-refractivity contribution is -0.137. The molecule has 1 aliphatic heterocycles. The van der Waals surface area contributed by atoms with E-state index in [1.54, 1.807) is 0 Å².